The SMILES string of the molecule is CS(=O)(=O)n1cc(CC(N)OC(=O)C(=O)O)c2ccccc21. The minimum Gasteiger partial charge on any atom is -0.473 e. The highest BCUT2D eigenvalue weighted by molar-refractivity contribution is 7.89. The molecule has 2 rings (SSSR count). The molecule has 1 unspecified atom stereocenters. The average molecular weight is 326 g/mol. The minimum absolute atomic E-state index is 0.0119. The van der Waals surface area contributed by atoms with Crippen LogP contribution in [0.2, 0.25) is 0 Å². The first-order valence-electron chi connectivity index (χ1n) is 6.19. The van der Waals surface area contributed by atoms with Crippen LogP contribution in [0.4, 0.5) is 0 Å². The molecule has 0 saturated heterocycles. The summed E-state index contributed by atoms with van der Waals surface area (Å²) in [7, 11) is -3.51. The van der Waals surface area contributed by atoms with Crippen LogP contribution in [0, 0.1) is 0 Å². The van der Waals surface area contributed by atoms with E-state index in [9.17, 15) is 18.0 Å². The first kappa shape index (κ1) is 16.0. The number of carbonyl (C=O) groups is 2. The fourth-order valence-electron chi connectivity index (χ4n) is 2.10. The molecule has 0 fully saturated rings. The van der Waals surface area contributed by atoms with Crippen molar-refractivity contribution in [3.8, 4) is 0 Å². The first-order chi connectivity index (χ1) is 10.2. The molecular formula is C13H14N2O6S. The van der Waals surface area contributed by atoms with E-state index in [0.29, 0.717) is 16.5 Å². The van der Waals surface area contributed by atoms with Crippen LogP contribution >= 0.6 is 0 Å². The fourth-order valence-corrected chi connectivity index (χ4v) is 2.94. The van der Waals surface area contributed by atoms with E-state index >= 15 is 0 Å². The number of carboxylic acids is 1. The maximum absolute atomic E-state index is 11.8. The molecule has 8 nitrogen and oxygen atoms in total. The van der Waals surface area contributed by atoms with Gasteiger partial charge in [-0.2, -0.15) is 0 Å². The van der Waals surface area contributed by atoms with E-state index in [1.807, 2.05) is 0 Å². The second-order valence-electron chi connectivity index (χ2n) is 4.68. The third-order valence-corrected chi connectivity index (χ3v) is 3.99. The number of aromatic nitrogens is 1. The largest absolute Gasteiger partial charge is 0.473 e. The standard InChI is InChI=1S/C13H14N2O6S/c1-22(19,20)15-7-8(9-4-2-3-5-10(9)15)6-11(14)21-13(18)12(16)17/h2-5,7,11H,6,14H2,1H3,(H,16,17). The van der Waals surface area contributed by atoms with Crippen LogP contribution in [0.1, 0.15) is 5.56 Å². The van der Waals surface area contributed by atoms with Crippen molar-refractivity contribution in [1.29, 1.82) is 0 Å². The molecule has 1 atom stereocenters. The van der Waals surface area contributed by atoms with Crippen molar-refractivity contribution in [1.82, 2.24) is 3.97 Å². The van der Waals surface area contributed by atoms with E-state index in [4.69, 9.17) is 10.8 Å². The summed E-state index contributed by atoms with van der Waals surface area (Å²) in [5, 5.41) is 9.10. The van der Waals surface area contributed by atoms with Gasteiger partial charge in [0.25, 0.3) is 0 Å². The van der Waals surface area contributed by atoms with Gasteiger partial charge in [0.1, 0.15) is 0 Å². The van der Waals surface area contributed by atoms with Crippen molar-refractivity contribution in [3.05, 3.63) is 36.0 Å². The predicted octanol–water partition coefficient (Wildman–Crippen LogP) is -0.0959. The molecule has 0 bridgehead atoms. The Labute approximate surface area is 126 Å². The second kappa shape index (κ2) is 5.78. The Balaban J connectivity index is 2.36. The van der Waals surface area contributed by atoms with Crippen molar-refractivity contribution >= 4 is 32.9 Å². The van der Waals surface area contributed by atoms with Gasteiger partial charge in [0.2, 0.25) is 10.0 Å². The normalized spacial score (nSPS) is 13.0. The lowest BCUT2D eigenvalue weighted by Gasteiger charge is -2.10. The molecule has 0 aliphatic heterocycles. The maximum Gasteiger partial charge on any atom is 0.418 e. The molecule has 118 valence electrons. The summed E-state index contributed by atoms with van der Waals surface area (Å²) >= 11 is 0. The number of para-hydroxylation sites is 1. The Bertz CT molecular complexity index is 839. The fraction of sp³-hybridized carbons (Fsp3) is 0.231. The van der Waals surface area contributed by atoms with E-state index in [2.05, 4.69) is 4.74 Å². The molecule has 1 heterocycles. The quantitative estimate of drug-likeness (QED) is 0.456. The second-order valence-corrected chi connectivity index (χ2v) is 6.54. The van der Waals surface area contributed by atoms with Crippen LogP contribution in [0.25, 0.3) is 10.9 Å². The number of esters is 1. The Morgan fingerprint density at radius 1 is 1.36 bits per heavy atom. The zero-order valence-corrected chi connectivity index (χ0v) is 12.4. The third kappa shape index (κ3) is 3.26. The molecule has 0 aliphatic carbocycles. The Morgan fingerprint density at radius 2 is 2.00 bits per heavy atom. The monoisotopic (exact) mass is 326 g/mol. The van der Waals surface area contributed by atoms with Gasteiger partial charge < -0.3 is 9.84 Å². The number of nitrogens with zero attached hydrogens (tertiary/aromatic N) is 1. The van der Waals surface area contributed by atoms with Crippen molar-refractivity contribution in [3.63, 3.8) is 0 Å². The molecule has 22 heavy (non-hydrogen) atoms. The van der Waals surface area contributed by atoms with Crippen LogP contribution in [-0.4, -0.2) is 41.9 Å². The van der Waals surface area contributed by atoms with Gasteiger partial charge in [-0.25, -0.2) is 22.0 Å². The number of rotatable bonds is 4. The minimum atomic E-state index is -3.51. The number of carbonyl (C=O) groups excluding carboxylic acids is 1. The summed E-state index contributed by atoms with van der Waals surface area (Å²) in [5.74, 6) is -3.20. The summed E-state index contributed by atoms with van der Waals surface area (Å²) in [4.78, 5) is 21.4. The van der Waals surface area contributed by atoms with Gasteiger partial charge in [-0.1, -0.05) is 18.2 Å². The lowest BCUT2D eigenvalue weighted by Crippen LogP contribution is -2.32. The molecule has 9 heteroatoms. The van der Waals surface area contributed by atoms with Crippen LogP contribution in [-0.2, 0) is 30.8 Å². The average Bonchev–Trinajstić information content (AvgIpc) is 2.77. The lowest BCUT2D eigenvalue weighted by molar-refractivity contribution is -0.167. The highest BCUT2D eigenvalue weighted by Crippen LogP contribution is 2.23. The highest BCUT2D eigenvalue weighted by Gasteiger charge is 2.20. The maximum atomic E-state index is 11.8. The molecule has 2 aromatic rings. The number of carboxylic acid groups (broad SMARTS) is 1. The molecular weight excluding hydrogens is 312 g/mol. The van der Waals surface area contributed by atoms with Crippen molar-refractivity contribution in [2.45, 2.75) is 12.6 Å². The van der Waals surface area contributed by atoms with Gasteiger partial charge in [-0.3, -0.25) is 5.73 Å². The molecule has 3 N–H and O–H groups in total. The van der Waals surface area contributed by atoms with E-state index in [1.54, 1.807) is 24.3 Å². The van der Waals surface area contributed by atoms with E-state index < -0.39 is 28.2 Å². The Morgan fingerprint density at radius 3 is 2.59 bits per heavy atom. The van der Waals surface area contributed by atoms with Crippen LogP contribution in [0.3, 0.4) is 0 Å². The van der Waals surface area contributed by atoms with Gasteiger partial charge in [0.15, 0.2) is 6.23 Å². The van der Waals surface area contributed by atoms with Gasteiger partial charge in [0.05, 0.1) is 11.8 Å². The third-order valence-electron chi connectivity index (χ3n) is 2.97. The molecule has 0 saturated carbocycles. The van der Waals surface area contributed by atoms with Gasteiger partial charge in [-0.05, 0) is 11.6 Å². The molecule has 0 amide bonds. The number of nitrogens with two attached hydrogens (primary N) is 1. The van der Waals surface area contributed by atoms with Crippen molar-refractivity contribution in [2.75, 3.05) is 6.26 Å². The smallest absolute Gasteiger partial charge is 0.418 e. The summed E-state index contributed by atoms with van der Waals surface area (Å²) in [6, 6.07) is 6.76. The van der Waals surface area contributed by atoms with Crippen LogP contribution < -0.4 is 5.73 Å². The Hall–Kier alpha value is -2.39. The molecule has 0 aliphatic rings. The molecule has 0 spiro atoms. The summed E-state index contributed by atoms with van der Waals surface area (Å²) in [6.45, 7) is 0. The zero-order valence-electron chi connectivity index (χ0n) is 11.6. The van der Waals surface area contributed by atoms with Crippen LogP contribution in [0.15, 0.2) is 30.5 Å². The summed E-state index contributed by atoms with van der Waals surface area (Å²) < 4.78 is 29.2. The molecule has 1 aromatic heterocycles. The highest BCUT2D eigenvalue weighted by atomic mass is 32.2. The van der Waals surface area contributed by atoms with Crippen molar-refractivity contribution < 1.29 is 27.9 Å². The number of hydrogen-bond donors (Lipinski definition) is 2. The first-order valence-corrected chi connectivity index (χ1v) is 8.04. The number of hydrogen-bond acceptors (Lipinski definition) is 6. The Kier molecular flexibility index (Phi) is 4.20. The van der Waals surface area contributed by atoms with E-state index in [0.717, 1.165) is 10.2 Å². The van der Waals surface area contributed by atoms with Gasteiger partial charge in [-0.15, -0.1) is 0 Å². The van der Waals surface area contributed by atoms with Gasteiger partial charge >= 0.3 is 11.9 Å². The predicted molar refractivity (Wildman–Crippen MR) is 77.6 cm³/mol. The molecule has 1 aromatic carbocycles. The summed E-state index contributed by atoms with van der Waals surface area (Å²) in [5.41, 5.74) is 6.59. The number of aliphatic carboxylic acids is 1. The number of benzene rings is 1. The van der Waals surface area contributed by atoms with E-state index in [1.165, 1.54) is 6.20 Å². The van der Waals surface area contributed by atoms with Gasteiger partial charge in [0, 0.05) is 18.0 Å². The van der Waals surface area contributed by atoms with Crippen molar-refractivity contribution in [2.24, 2.45) is 5.73 Å². The topological polar surface area (TPSA) is 129 Å². The summed E-state index contributed by atoms with van der Waals surface area (Å²) in [6.07, 6.45) is 1.24. The number of fused-ring (bicyclic) bond motifs is 1. The van der Waals surface area contributed by atoms with Crippen LogP contribution in [0.5, 0.6) is 0 Å². The molecule has 0 radical (unpaired) electrons. The number of ether oxygens (including phenoxy) is 1. The van der Waals surface area contributed by atoms with E-state index in [-0.39, 0.29) is 6.42 Å². The zero-order chi connectivity index (χ0) is 16.5. The lowest BCUT2D eigenvalue weighted by atomic mass is 10.1.